The molecule has 1 aliphatic heterocycles. The Bertz CT molecular complexity index is 1350. The smallest absolute Gasteiger partial charge is 0.369 e. The molecule has 2 aliphatic rings. The first-order chi connectivity index (χ1) is 21.8. The topological polar surface area (TPSA) is 77.1 Å². The molecule has 3 aromatic carbocycles. The number of hydrogen-bond acceptors (Lipinski definition) is 5. The van der Waals surface area contributed by atoms with Crippen molar-refractivity contribution in [2.45, 2.75) is 88.5 Å². The number of nitrogens with one attached hydrogen (secondary N) is 1. The largest absolute Gasteiger partial charge is 0.471 e. The average Bonchev–Trinajstić information content (AvgIpc) is 3.06. The number of rotatable bonds is 11. The summed E-state index contributed by atoms with van der Waals surface area (Å²) in [5.74, 6) is -2.80. The molecule has 0 aromatic heterocycles. The highest BCUT2D eigenvalue weighted by atomic mass is 19.4. The van der Waals surface area contributed by atoms with E-state index < -0.39 is 48.9 Å². The number of nitrogens with zero attached hydrogens (tertiary/aromatic N) is 1. The van der Waals surface area contributed by atoms with Gasteiger partial charge in [-0.05, 0) is 29.5 Å². The van der Waals surface area contributed by atoms with E-state index in [0.29, 0.717) is 4.90 Å². The van der Waals surface area contributed by atoms with Crippen molar-refractivity contribution in [3.8, 4) is 0 Å². The summed E-state index contributed by atoms with van der Waals surface area (Å²) in [4.78, 5) is 27.6. The minimum atomic E-state index is -5.21. The maximum Gasteiger partial charge on any atom is 0.471 e. The summed E-state index contributed by atoms with van der Waals surface area (Å²) in [6, 6.07) is 25.9. The van der Waals surface area contributed by atoms with Gasteiger partial charge in [0.25, 0.3) is 0 Å². The van der Waals surface area contributed by atoms with Crippen LogP contribution in [0.25, 0.3) is 0 Å². The maximum absolute atomic E-state index is 14.1. The molecule has 240 valence electrons. The van der Waals surface area contributed by atoms with E-state index in [1.54, 1.807) is 0 Å². The molecule has 0 spiro atoms. The van der Waals surface area contributed by atoms with Gasteiger partial charge in [0.1, 0.15) is 24.4 Å². The molecule has 5 rings (SSSR count). The second kappa shape index (κ2) is 15.5. The Kier molecular flexibility index (Phi) is 11.3. The van der Waals surface area contributed by atoms with Crippen LogP contribution in [0.1, 0.15) is 48.8 Å². The summed E-state index contributed by atoms with van der Waals surface area (Å²) >= 11 is 0. The molecule has 1 aliphatic carbocycles. The first-order valence-corrected chi connectivity index (χ1v) is 15.4. The van der Waals surface area contributed by atoms with Gasteiger partial charge in [-0.1, -0.05) is 110 Å². The Morgan fingerprint density at radius 3 is 1.64 bits per heavy atom. The van der Waals surface area contributed by atoms with Gasteiger partial charge < -0.3 is 24.4 Å². The lowest BCUT2D eigenvalue weighted by molar-refractivity contribution is -0.223. The highest BCUT2D eigenvalue weighted by molar-refractivity contribution is 5.91. The predicted octanol–water partition coefficient (Wildman–Crippen LogP) is 5.96. The van der Waals surface area contributed by atoms with E-state index in [1.165, 1.54) is 0 Å². The van der Waals surface area contributed by atoms with Crippen molar-refractivity contribution in [2.24, 2.45) is 0 Å². The fourth-order valence-corrected chi connectivity index (χ4v) is 6.02. The van der Waals surface area contributed by atoms with E-state index in [4.69, 9.17) is 14.2 Å². The average molecular weight is 625 g/mol. The van der Waals surface area contributed by atoms with Crippen LogP contribution in [0, 0.1) is 0 Å². The molecule has 7 nitrogen and oxygen atoms in total. The molecule has 1 heterocycles. The van der Waals surface area contributed by atoms with E-state index in [1.807, 2.05) is 91.0 Å². The second-order valence-corrected chi connectivity index (χ2v) is 11.6. The molecule has 4 atom stereocenters. The number of amides is 2. The number of hydrogen-bond donors (Lipinski definition) is 1. The number of carbonyl (C=O) groups excluding carboxylic acids is 2. The third-order valence-electron chi connectivity index (χ3n) is 8.31. The second-order valence-electron chi connectivity index (χ2n) is 11.6. The zero-order valence-corrected chi connectivity index (χ0v) is 25.0. The quantitative estimate of drug-likeness (QED) is 0.285. The number of alkyl halides is 3. The summed E-state index contributed by atoms with van der Waals surface area (Å²) in [6.45, 7) is -0.344. The summed E-state index contributed by atoms with van der Waals surface area (Å²) in [6.07, 6.45) is -4.19. The Morgan fingerprint density at radius 2 is 1.16 bits per heavy atom. The lowest BCUT2D eigenvalue weighted by Gasteiger charge is -2.48. The highest BCUT2D eigenvalue weighted by Gasteiger charge is 2.55. The monoisotopic (exact) mass is 624 g/mol. The summed E-state index contributed by atoms with van der Waals surface area (Å²) < 4.78 is 61.3. The Labute approximate surface area is 261 Å². The van der Waals surface area contributed by atoms with Gasteiger partial charge in [0.05, 0.1) is 26.4 Å². The molecule has 45 heavy (non-hydrogen) atoms. The fraction of sp³-hybridized carbons (Fsp3) is 0.429. The third-order valence-corrected chi connectivity index (χ3v) is 8.31. The van der Waals surface area contributed by atoms with Gasteiger partial charge in [0.2, 0.25) is 5.91 Å². The van der Waals surface area contributed by atoms with Crippen LogP contribution in [0.2, 0.25) is 0 Å². The van der Waals surface area contributed by atoms with Crippen molar-refractivity contribution in [1.82, 2.24) is 10.2 Å². The molecule has 3 aromatic rings. The van der Waals surface area contributed by atoms with E-state index in [9.17, 15) is 22.8 Å². The molecule has 2 fully saturated rings. The van der Waals surface area contributed by atoms with Crippen molar-refractivity contribution in [3.63, 3.8) is 0 Å². The van der Waals surface area contributed by atoms with Crippen LogP contribution in [-0.4, -0.2) is 59.8 Å². The van der Waals surface area contributed by atoms with E-state index in [2.05, 4.69) is 5.32 Å². The Morgan fingerprint density at radius 1 is 0.689 bits per heavy atom. The lowest BCUT2D eigenvalue weighted by Crippen LogP contribution is -2.70. The molecule has 2 amide bonds. The summed E-state index contributed by atoms with van der Waals surface area (Å²) in [5, 5.41) is 2.94. The lowest BCUT2D eigenvalue weighted by atomic mass is 9.90. The number of carbonyl (C=O) groups is 2. The third kappa shape index (κ3) is 8.93. The molecule has 0 radical (unpaired) electrons. The normalized spacial score (nSPS) is 22.6. The van der Waals surface area contributed by atoms with Gasteiger partial charge in [0, 0.05) is 6.04 Å². The summed E-state index contributed by atoms with van der Waals surface area (Å²) in [5.41, 5.74) is 2.39. The molecule has 1 saturated heterocycles. The zero-order valence-electron chi connectivity index (χ0n) is 25.0. The molecule has 0 unspecified atom stereocenters. The molecule has 1 saturated carbocycles. The number of benzene rings is 3. The number of piperidine rings is 1. The first kappa shape index (κ1) is 32.7. The van der Waals surface area contributed by atoms with E-state index in [-0.39, 0.29) is 25.9 Å². The van der Waals surface area contributed by atoms with Crippen LogP contribution < -0.4 is 5.32 Å². The van der Waals surface area contributed by atoms with Gasteiger partial charge in [0.15, 0.2) is 0 Å². The predicted molar refractivity (Wildman–Crippen MR) is 162 cm³/mol. The van der Waals surface area contributed by atoms with Crippen LogP contribution in [-0.2, 0) is 43.6 Å². The van der Waals surface area contributed by atoms with Crippen LogP contribution in [0.4, 0.5) is 13.2 Å². The fourth-order valence-electron chi connectivity index (χ4n) is 6.02. The van der Waals surface area contributed by atoms with Crippen LogP contribution in [0.15, 0.2) is 91.0 Å². The van der Waals surface area contributed by atoms with Crippen molar-refractivity contribution in [3.05, 3.63) is 108 Å². The van der Waals surface area contributed by atoms with Crippen molar-refractivity contribution >= 4 is 11.8 Å². The van der Waals surface area contributed by atoms with Gasteiger partial charge >= 0.3 is 12.1 Å². The van der Waals surface area contributed by atoms with E-state index in [0.717, 1.165) is 48.8 Å². The SMILES string of the molecule is O=C(NC1CCCCC1)[C@@H]1[C@@H](OCc2ccccc2)[C@H](OCc2ccccc2)[C@H](OCc2ccccc2)CN1C(=O)C(F)(F)F. The van der Waals surface area contributed by atoms with Gasteiger partial charge in [-0.15, -0.1) is 0 Å². The Balaban J connectivity index is 1.51. The molecular formula is C35H39F3N2O5. The molecule has 0 bridgehead atoms. The molecule has 1 N–H and O–H groups in total. The summed E-state index contributed by atoms with van der Waals surface area (Å²) in [7, 11) is 0. The van der Waals surface area contributed by atoms with Crippen LogP contribution in [0.5, 0.6) is 0 Å². The number of ether oxygens (including phenoxy) is 3. The van der Waals surface area contributed by atoms with Crippen LogP contribution >= 0.6 is 0 Å². The van der Waals surface area contributed by atoms with E-state index >= 15 is 0 Å². The Hall–Kier alpha value is -3.73. The highest BCUT2D eigenvalue weighted by Crippen LogP contribution is 2.32. The molecule has 10 heteroatoms. The first-order valence-electron chi connectivity index (χ1n) is 15.4. The van der Waals surface area contributed by atoms with Gasteiger partial charge in [-0.2, -0.15) is 13.2 Å². The van der Waals surface area contributed by atoms with Crippen LogP contribution in [0.3, 0.4) is 0 Å². The minimum Gasteiger partial charge on any atom is -0.369 e. The molecular weight excluding hydrogens is 585 g/mol. The number of halogens is 3. The zero-order chi connectivity index (χ0) is 31.6. The van der Waals surface area contributed by atoms with Crippen molar-refractivity contribution in [1.29, 1.82) is 0 Å². The minimum absolute atomic E-state index is 0.0105. The van der Waals surface area contributed by atoms with Gasteiger partial charge in [-0.25, -0.2) is 0 Å². The standard InChI is InChI=1S/C35H39F3N2O5/c36-35(37,38)34(42)40-21-29(43-22-25-13-5-1-6-14-25)31(44-23-26-15-7-2-8-16-26)32(45-24-27-17-9-3-10-18-27)30(40)33(41)39-28-19-11-4-12-20-28/h1-3,5-10,13-18,28-32H,4,11-12,19-24H2,(H,39,41)/t29-,30+,31-,32-/m1/s1. The van der Waals surface area contributed by atoms with Crippen molar-refractivity contribution in [2.75, 3.05) is 6.54 Å². The van der Waals surface area contributed by atoms with Crippen molar-refractivity contribution < 1.29 is 37.0 Å². The maximum atomic E-state index is 14.1. The number of likely N-dealkylation sites (tertiary alicyclic amines) is 1. The van der Waals surface area contributed by atoms with Gasteiger partial charge in [-0.3, -0.25) is 9.59 Å².